The van der Waals surface area contributed by atoms with Crippen molar-refractivity contribution in [3.8, 4) is 11.5 Å². The van der Waals surface area contributed by atoms with Crippen LogP contribution in [0.2, 0.25) is 0 Å². The minimum absolute atomic E-state index is 0.171. The molecule has 34 heavy (non-hydrogen) atoms. The Morgan fingerprint density at radius 1 is 1.09 bits per heavy atom. The normalized spacial score (nSPS) is 11.9. The van der Waals surface area contributed by atoms with Crippen LogP contribution in [0.5, 0.6) is 11.5 Å². The van der Waals surface area contributed by atoms with E-state index >= 15 is 0 Å². The van der Waals surface area contributed by atoms with Gasteiger partial charge < -0.3 is 19.7 Å². The molecule has 2 rings (SSSR count). The number of ether oxygens (including phenoxy) is 2. The van der Waals surface area contributed by atoms with Gasteiger partial charge in [0.15, 0.2) is 11.5 Å². The zero-order chi connectivity index (χ0) is 25.5. The van der Waals surface area contributed by atoms with Crippen LogP contribution in [-0.4, -0.2) is 64.7 Å². The molecule has 2 amide bonds. The highest BCUT2D eigenvalue weighted by molar-refractivity contribution is 7.92. The highest BCUT2D eigenvalue weighted by Gasteiger charge is 2.30. The zero-order valence-corrected chi connectivity index (χ0v) is 20.7. The molecule has 2 aromatic carbocycles. The van der Waals surface area contributed by atoms with E-state index in [-0.39, 0.29) is 23.5 Å². The summed E-state index contributed by atoms with van der Waals surface area (Å²) in [5.41, 5.74) is 0.369. The third kappa shape index (κ3) is 6.60. The first-order valence-electron chi connectivity index (χ1n) is 10.5. The maximum absolute atomic E-state index is 14.3. The number of methoxy groups -OCH3 is 2. The van der Waals surface area contributed by atoms with Gasteiger partial charge in [0.2, 0.25) is 21.8 Å². The second-order valence-corrected chi connectivity index (χ2v) is 9.40. The predicted octanol–water partition coefficient (Wildman–Crippen LogP) is 2.16. The number of sulfonamides is 1. The number of anilines is 1. The second kappa shape index (κ2) is 11.7. The summed E-state index contributed by atoms with van der Waals surface area (Å²) in [7, 11) is -1.07. The summed E-state index contributed by atoms with van der Waals surface area (Å²) in [5.74, 6) is -0.994. The molecule has 0 aliphatic rings. The van der Waals surface area contributed by atoms with Crippen molar-refractivity contribution in [1.29, 1.82) is 0 Å². The van der Waals surface area contributed by atoms with Crippen LogP contribution in [-0.2, 0) is 26.2 Å². The Morgan fingerprint density at radius 2 is 1.74 bits per heavy atom. The molecule has 9 nitrogen and oxygen atoms in total. The second-order valence-electron chi connectivity index (χ2n) is 7.49. The minimum Gasteiger partial charge on any atom is -0.493 e. The fourth-order valence-electron chi connectivity index (χ4n) is 3.31. The summed E-state index contributed by atoms with van der Waals surface area (Å²) in [6.45, 7) is 2.76. The molecular weight excluding hydrogens is 465 g/mol. The summed E-state index contributed by atoms with van der Waals surface area (Å²) in [5, 5.41) is 2.64. The Kier molecular flexibility index (Phi) is 9.25. The number of carbonyl (C=O) groups is 2. The smallest absolute Gasteiger partial charge is 0.244 e. The van der Waals surface area contributed by atoms with Crippen molar-refractivity contribution in [2.45, 2.75) is 26.4 Å². The van der Waals surface area contributed by atoms with Gasteiger partial charge in [-0.1, -0.05) is 18.2 Å². The molecule has 0 radical (unpaired) electrons. The van der Waals surface area contributed by atoms with Crippen LogP contribution >= 0.6 is 0 Å². The van der Waals surface area contributed by atoms with Crippen LogP contribution in [0.1, 0.15) is 19.4 Å². The molecule has 0 heterocycles. The molecule has 0 aliphatic heterocycles. The molecule has 186 valence electrons. The topological polar surface area (TPSA) is 105 Å². The minimum atomic E-state index is -3.91. The molecular formula is C23H30FN3O6S. The van der Waals surface area contributed by atoms with Crippen molar-refractivity contribution in [3.63, 3.8) is 0 Å². The predicted molar refractivity (Wildman–Crippen MR) is 127 cm³/mol. The molecule has 11 heteroatoms. The van der Waals surface area contributed by atoms with E-state index in [1.54, 1.807) is 13.0 Å². The van der Waals surface area contributed by atoms with Crippen LogP contribution in [0.25, 0.3) is 0 Å². The number of benzene rings is 2. The molecule has 1 atom stereocenters. The van der Waals surface area contributed by atoms with Crippen LogP contribution in [0.4, 0.5) is 10.1 Å². The average Bonchev–Trinajstić information content (AvgIpc) is 2.80. The number of hydrogen-bond acceptors (Lipinski definition) is 6. The molecule has 1 N–H and O–H groups in total. The van der Waals surface area contributed by atoms with Gasteiger partial charge in [0.05, 0.1) is 26.2 Å². The van der Waals surface area contributed by atoms with Gasteiger partial charge in [-0.2, -0.15) is 0 Å². The van der Waals surface area contributed by atoms with Crippen molar-refractivity contribution in [2.75, 3.05) is 37.9 Å². The average molecular weight is 496 g/mol. The van der Waals surface area contributed by atoms with Crippen LogP contribution in [0.15, 0.2) is 42.5 Å². The lowest BCUT2D eigenvalue weighted by atomic mass is 10.1. The fourth-order valence-corrected chi connectivity index (χ4v) is 4.15. The van der Waals surface area contributed by atoms with Crippen LogP contribution in [0, 0.1) is 5.82 Å². The molecule has 0 unspecified atom stereocenters. The largest absolute Gasteiger partial charge is 0.493 e. The fraction of sp³-hybridized carbons (Fsp3) is 0.391. The number of likely N-dealkylation sites (N-methyl/N-ethyl adjacent to an activating group) is 1. The van der Waals surface area contributed by atoms with E-state index in [0.29, 0.717) is 12.3 Å². The Labute approximate surface area is 199 Å². The van der Waals surface area contributed by atoms with E-state index in [4.69, 9.17) is 9.47 Å². The number of carbonyl (C=O) groups excluding carboxylic acids is 2. The number of nitrogens with one attached hydrogen (secondary N) is 1. The quantitative estimate of drug-likeness (QED) is 0.512. The molecule has 0 bridgehead atoms. The van der Waals surface area contributed by atoms with E-state index in [9.17, 15) is 22.4 Å². The molecule has 0 saturated heterocycles. The molecule has 0 aliphatic carbocycles. The summed E-state index contributed by atoms with van der Waals surface area (Å²) < 4.78 is 50.9. The molecule has 0 aromatic heterocycles. The number of rotatable bonds is 11. The molecule has 0 fully saturated rings. The van der Waals surface area contributed by atoms with Gasteiger partial charge in [0.25, 0.3) is 0 Å². The van der Waals surface area contributed by atoms with Gasteiger partial charge in [-0.15, -0.1) is 0 Å². The van der Waals surface area contributed by atoms with E-state index < -0.39 is 40.2 Å². The standard InChI is InChI=1S/C23H30FN3O6S/c1-6-25-23(29)16(2)26(14-17-9-7-8-10-19(17)24)22(28)15-27(34(5,30)31)18-11-12-20(32-3)21(13-18)33-4/h7-13,16H,6,14-15H2,1-5H3,(H,25,29)/t16-/m1/s1. The monoisotopic (exact) mass is 495 g/mol. The Morgan fingerprint density at radius 3 is 2.29 bits per heavy atom. The Balaban J connectivity index is 2.45. The highest BCUT2D eigenvalue weighted by atomic mass is 32.2. The van der Waals surface area contributed by atoms with E-state index in [1.807, 2.05) is 0 Å². The van der Waals surface area contributed by atoms with Gasteiger partial charge in [-0.05, 0) is 32.0 Å². The van der Waals surface area contributed by atoms with Crippen LogP contribution in [0.3, 0.4) is 0 Å². The van der Waals surface area contributed by atoms with Crippen molar-refractivity contribution in [3.05, 3.63) is 53.8 Å². The Bertz CT molecular complexity index is 1130. The molecule has 0 saturated carbocycles. The van der Waals surface area contributed by atoms with Gasteiger partial charge in [0, 0.05) is 24.7 Å². The van der Waals surface area contributed by atoms with Crippen molar-refractivity contribution in [1.82, 2.24) is 10.2 Å². The molecule has 2 aromatic rings. The van der Waals surface area contributed by atoms with Crippen LogP contribution < -0.4 is 19.1 Å². The van der Waals surface area contributed by atoms with Crippen molar-refractivity contribution >= 4 is 27.5 Å². The number of nitrogens with zero attached hydrogens (tertiary/aromatic N) is 2. The van der Waals surface area contributed by atoms with E-state index in [0.717, 1.165) is 15.5 Å². The Hall–Kier alpha value is -3.34. The lowest BCUT2D eigenvalue weighted by molar-refractivity contribution is -0.139. The maximum atomic E-state index is 14.3. The first-order valence-corrected chi connectivity index (χ1v) is 12.4. The van der Waals surface area contributed by atoms with Gasteiger partial charge in [-0.25, -0.2) is 12.8 Å². The summed E-state index contributed by atoms with van der Waals surface area (Å²) in [6, 6.07) is 9.34. The van der Waals surface area contributed by atoms with Gasteiger partial charge >= 0.3 is 0 Å². The number of halogens is 1. The van der Waals surface area contributed by atoms with Gasteiger partial charge in [-0.3, -0.25) is 13.9 Å². The highest BCUT2D eigenvalue weighted by Crippen LogP contribution is 2.32. The zero-order valence-electron chi connectivity index (χ0n) is 19.9. The van der Waals surface area contributed by atoms with Gasteiger partial charge in [0.1, 0.15) is 18.4 Å². The first-order chi connectivity index (χ1) is 16.0. The van der Waals surface area contributed by atoms with Crippen molar-refractivity contribution in [2.24, 2.45) is 0 Å². The summed E-state index contributed by atoms with van der Waals surface area (Å²) >= 11 is 0. The first kappa shape index (κ1) is 26.9. The van der Waals surface area contributed by atoms with Crippen molar-refractivity contribution < 1.29 is 31.9 Å². The van der Waals surface area contributed by atoms with E-state index in [2.05, 4.69) is 5.32 Å². The number of amides is 2. The SMILES string of the molecule is CCNC(=O)[C@@H](C)N(Cc1ccccc1F)C(=O)CN(c1ccc(OC)c(OC)c1)S(C)(=O)=O. The third-order valence-electron chi connectivity index (χ3n) is 5.15. The number of hydrogen-bond donors (Lipinski definition) is 1. The maximum Gasteiger partial charge on any atom is 0.244 e. The lowest BCUT2D eigenvalue weighted by Crippen LogP contribution is -2.51. The lowest BCUT2D eigenvalue weighted by Gasteiger charge is -2.31. The van der Waals surface area contributed by atoms with E-state index in [1.165, 1.54) is 57.5 Å². The summed E-state index contributed by atoms with van der Waals surface area (Å²) in [4.78, 5) is 27.0. The summed E-state index contributed by atoms with van der Waals surface area (Å²) in [6.07, 6.45) is 0.964. The third-order valence-corrected chi connectivity index (χ3v) is 6.29. The molecule has 0 spiro atoms.